The minimum Gasteiger partial charge on any atom is -0.103 e. The summed E-state index contributed by atoms with van der Waals surface area (Å²) in [5.74, 6) is 1.55. The Bertz CT molecular complexity index is 220. The quantitative estimate of drug-likeness (QED) is 0.437. The Morgan fingerprint density at radius 3 is 2.69 bits per heavy atom. The molecular formula is C13H20. The van der Waals surface area contributed by atoms with E-state index in [0.717, 1.165) is 11.8 Å². The molecule has 0 bridgehead atoms. The highest BCUT2D eigenvalue weighted by molar-refractivity contribution is 5.23. The lowest BCUT2D eigenvalue weighted by Gasteiger charge is -1.98. The Morgan fingerprint density at radius 1 is 1.46 bits per heavy atom. The van der Waals surface area contributed by atoms with Gasteiger partial charge in [-0.15, -0.1) is 6.58 Å². The predicted molar refractivity (Wildman–Crippen MR) is 59.6 cm³/mol. The van der Waals surface area contributed by atoms with Crippen molar-refractivity contribution in [3.8, 4) is 0 Å². The third kappa shape index (κ3) is 3.22. The second-order valence-electron chi connectivity index (χ2n) is 3.79. The highest BCUT2D eigenvalue weighted by atomic mass is 14.4. The monoisotopic (exact) mass is 176 g/mol. The van der Waals surface area contributed by atoms with Crippen LogP contribution in [0.3, 0.4) is 0 Å². The third-order valence-corrected chi connectivity index (χ3v) is 2.54. The van der Waals surface area contributed by atoms with Crippen LogP contribution in [0.15, 0.2) is 36.5 Å². The van der Waals surface area contributed by atoms with Crippen LogP contribution in [-0.2, 0) is 0 Å². The van der Waals surface area contributed by atoms with Gasteiger partial charge >= 0.3 is 0 Å². The average molecular weight is 176 g/mol. The second kappa shape index (κ2) is 5.06. The SMILES string of the molecule is C=CC1CC1/C=C(/C=C/C)CCC. The lowest BCUT2D eigenvalue weighted by atomic mass is 10.1. The molecule has 0 aromatic rings. The molecule has 1 aliphatic rings. The van der Waals surface area contributed by atoms with Gasteiger partial charge in [-0.1, -0.05) is 43.2 Å². The van der Waals surface area contributed by atoms with Crippen molar-refractivity contribution in [2.24, 2.45) is 11.8 Å². The van der Waals surface area contributed by atoms with Gasteiger partial charge in [-0.3, -0.25) is 0 Å². The zero-order valence-corrected chi connectivity index (χ0v) is 8.79. The molecule has 0 saturated heterocycles. The van der Waals surface area contributed by atoms with Gasteiger partial charge in [0.15, 0.2) is 0 Å². The molecule has 1 saturated carbocycles. The van der Waals surface area contributed by atoms with E-state index in [2.05, 4.69) is 44.7 Å². The number of hydrogen-bond donors (Lipinski definition) is 0. The molecular weight excluding hydrogens is 156 g/mol. The van der Waals surface area contributed by atoms with Gasteiger partial charge < -0.3 is 0 Å². The molecule has 0 heterocycles. The van der Waals surface area contributed by atoms with Crippen LogP contribution in [0.4, 0.5) is 0 Å². The Labute approximate surface area is 82.0 Å². The zero-order chi connectivity index (χ0) is 9.68. The van der Waals surface area contributed by atoms with Gasteiger partial charge in [0.2, 0.25) is 0 Å². The zero-order valence-electron chi connectivity index (χ0n) is 8.79. The maximum Gasteiger partial charge on any atom is -0.0159 e. The number of rotatable bonds is 5. The highest BCUT2D eigenvalue weighted by Crippen LogP contribution is 2.41. The van der Waals surface area contributed by atoms with Crippen LogP contribution in [-0.4, -0.2) is 0 Å². The van der Waals surface area contributed by atoms with Crippen LogP contribution in [0, 0.1) is 11.8 Å². The first-order valence-electron chi connectivity index (χ1n) is 5.27. The topological polar surface area (TPSA) is 0 Å². The molecule has 0 radical (unpaired) electrons. The van der Waals surface area contributed by atoms with Gasteiger partial charge in [-0.25, -0.2) is 0 Å². The Morgan fingerprint density at radius 2 is 2.23 bits per heavy atom. The summed E-state index contributed by atoms with van der Waals surface area (Å²) in [4.78, 5) is 0. The lowest BCUT2D eigenvalue weighted by Crippen LogP contribution is -1.80. The summed E-state index contributed by atoms with van der Waals surface area (Å²) in [7, 11) is 0. The maximum absolute atomic E-state index is 3.82. The highest BCUT2D eigenvalue weighted by Gasteiger charge is 2.31. The molecule has 0 aliphatic heterocycles. The molecule has 13 heavy (non-hydrogen) atoms. The summed E-state index contributed by atoms with van der Waals surface area (Å²) >= 11 is 0. The van der Waals surface area contributed by atoms with Gasteiger partial charge in [0.1, 0.15) is 0 Å². The van der Waals surface area contributed by atoms with Crippen LogP contribution < -0.4 is 0 Å². The van der Waals surface area contributed by atoms with E-state index in [1.54, 1.807) is 0 Å². The smallest absolute Gasteiger partial charge is 0.0159 e. The standard InChI is InChI=1S/C13H20/c1-4-7-11(8-5-2)9-13-10-12(13)6-3/h4,6-7,9,12-13H,3,5,8,10H2,1-2H3/b7-4+,11-9-. The van der Waals surface area contributed by atoms with E-state index >= 15 is 0 Å². The summed E-state index contributed by atoms with van der Waals surface area (Å²) in [6.45, 7) is 8.14. The molecule has 2 unspecified atom stereocenters. The molecule has 0 spiro atoms. The lowest BCUT2D eigenvalue weighted by molar-refractivity contribution is 0.899. The molecule has 2 atom stereocenters. The second-order valence-corrected chi connectivity index (χ2v) is 3.79. The van der Waals surface area contributed by atoms with Gasteiger partial charge in [0, 0.05) is 0 Å². The van der Waals surface area contributed by atoms with Crippen LogP contribution in [0.2, 0.25) is 0 Å². The van der Waals surface area contributed by atoms with Crippen molar-refractivity contribution in [2.45, 2.75) is 33.1 Å². The van der Waals surface area contributed by atoms with Gasteiger partial charge in [0.25, 0.3) is 0 Å². The Balaban J connectivity index is 2.49. The van der Waals surface area contributed by atoms with E-state index in [4.69, 9.17) is 0 Å². The Hall–Kier alpha value is -0.780. The van der Waals surface area contributed by atoms with Gasteiger partial charge in [0.05, 0.1) is 0 Å². The minimum absolute atomic E-state index is 0.761. The third-order valence-electron chi connectivity index (χ3n) is 2.54. The largest absolute Gasteiger partial charge is 0.103 e. The minimum atomic E-state index is 0.761. The fraction of sp³-hybridized carbons (Fsp3) is 0.538. The average Bonchev–Trinajstić information content (AvgIpc) is 2.84. The first kappa shape index (κ1) is 10.3. The first-order chi connectivity index (χ1) is 6.31. The maximum atomic E-state index is 3.82. The van der Waals surface area contributed by atoms with Crippen LogP contribution in [0.1, 0.15) is 33.1 Å². The van der Waals surface area contributed by atoms with E-state index in [9.17, 15) is 0 Å². The van der Waals surface area contributed by atoms with Crippen LogP contribution >= 0.6 is 0 Å². The number of hydrogen-bond acceptors (Lipinski definition) is 0. The fourth-order valence-electron chi connectivity index (χ4n) is 1.70. The molecule has 1 aliphatic carbocycles. The summed E-state index contributed by atoms with van der Waals surface area (Å²) in [5.41, 5.74) is 1.50. The van der Waals surface area contributed by atoms with Gasteiger partial charge in [-0.2, -0.15) is 0 Å². The van der Waals surface area contributed by atoms with E-state index in [1.807, 2.05) is 0 Å². The summed E-state index contributed by atoms with van der Waals surface area (Å²) in [5, 5.41) is 0. The molecule has 0 N–H and O–H groups in total. The molecule has 0 amide bonds. The van der Waals surface area contributed by atoms with E-state index in [0.29, 0.717) is 0 Å². The van der Waals surface area contributed by atoms with E-state index in [1.165, 1.54) is 24.8 Å². The van der Waals surface area contributed by atoms with Crippen LogP contribution in [0.25, 0.3) is 0 Å². The Kier molecular flexibility index (Phi) is 4.01. The summed E-state index contributed by atoms with van der Waals surface area (Å²) < 4.78 is 0. The first-order valence-corrected chi connectivity index (χ1v) is 5.27. The van der Waals surface area contributed by atoms with Crippen molar-refractivity contribution < 1.29 is 0 Å². The molecule has 0 aromatic carbocycles. The van der Waals surface area contributed by atoms with Crippen molar-refractivity contribution >= 4 is 0 Å². The van der Waals surface area contributed by atoms with Crippen LogP contribution in [0.5, 0.6) is 0 Å². The van der Waals surface area contributed by atoms with Gasteiger partial charge in [-0.05, 0) is 31.6 Å². The van der Waals surface area contributed by atoms with Crippen molar-refractivity contribution in [1.82, 2.24) is 0 Å². The number of allylic oxidation sites excluding steroid dienone is 5. The molecule has 1 fully saturated rings. The molecule has 0 nitrogen and oxygen atoms in total. The fourth-order valence-corrected chi connectivity index (χ4v) is 1.70. The molecule has 0 heteroatoms. The molecule has 0 aromatic heterocycles. The predicted octanol–water partition coefficient (Wildman–Crippen LogP) is 4.11. The van der Waals surface area contributed by atoms with Crippen molar-refractivity contribution in [3.63, 3.8) is 0 Å². The summed E-state index contributed by atoms with van der Waals surface area (Å²) in [6.07, 6.45) is 12.6. The van der Waals surface area contributed by atoms with Crippen molar-refractivity contribution in [1.29, 1.82) is 0 Å². The summed E-state index contributed by atoms with van der Waals surface area (Å²) in [6, 6.07) is 0. The van der Waals surface area contributed by atoms with Crippen molar-refractivity contribution in [2.75, 3.05) is 0 Å². The molecule has 1 rings (SSSR count). The van der Waals surface area contributed by atoms with Crippen molar-refractivity contribution in [3.05, 3.63) is 36.5 Å². The molecule has 72 valence electrons. The van der Waals surface area contributed by atoms with E-state index < -0.39 is 0 Å². The normalized spacial score (nSPS) is 28.0. The van der Waals surface area contributed by atoms with E-state index in [-0.39, 0.29) is 0 Å².